The smallest absolute Gasteiger partial charge is 0.274 e. The van der Waals surface area contributed by atoms with Crippen LogP contribution in [0.2, 0.25) is 10.0 Å². The van der Waals surface area contributed by atoms with Crippen molar-refractivity contribution in [3.8, 4) is 0 Å². The Morgan fingerprint density at radius 1 is 1.16 bits per heavy atom. The second-order valence-electron chi connectivity index (χ2n) is 6.00. The molecule has 8 heteroatoms. The van der Waals surface area contributed by atoms with Crippen LogP contribution in [0.1, 0.15) is 16.3 Å². The van der Waals surface area contributed by atoms with Crippen molar-refractivity contribution in [1.82, 2.24) is 14.9 Å². The molecule has 1 saturated heterocycles. The first-order valence-electron chi connectivity index (χ1n) is 7.98. The maximum absolute atomic E-state index is 12.6. The van der Waals surface area contributed by atoms with Gasteiger partial charge in [-0.1, -0.05) is 29.3 Å². The van der Waals surface area contributed by atoms with E-state index in [1.807, 2.05) is 0 Å². The molecule has 1 aromatic heterocycles. The number of carbonyl (C=O) groups is 1. The molecule has 2 aromatic rings. The molecule has 1 aromatic carbocycles. The fourth-order valence-electron chi connectivity index (χ4n) is 2.65. The molecule has 132 valence electrons. The maximum atomic E-state index is 12.6. The molecule has 0 spiro atoms. The van der Waals surface area contributed by atoms with Crippen molar-refractivity contribution in [3.63, 3.8) is 0 Å². The highest BCUT2D eigenvalue weighted by atomic mass is 35.5. The quantitative estimate of drug-likeness (QED) is 0.887. The number of piperazine rings is 1. The van der Waals surface area contributed by atoms with Gasteiger partial charge in [0.1, 0.15) is 17.3 Å². The van der Waals surface area contributed by atoms with Gasteiger partial charge in [0.2, 0.25) is 0 Å². The summed E-state index contributed by atoms with van der Waals surface area (Å²) in [5.74, 6) is 0.978. The average Bonchev–Trinajstić information content (AvgIpc) is 2.59. The van der Waals surface area contributed by atoms with Crippen LogP contribution < -0.4 is 10.2 Å². The van der Waals surface area contributed by atoms with E-state index in [-0.39, 0.29) is 5.91 Å². The van der Waals surface area contributed by atoms with Gasteiger partial charge in [0, 0.05) is 32.2 Å². The van der Waals surface area contributed by atoms with Gasteiger partial charge in [0.15, 0.2) is 0 Å². The van der Waals surface area contributed by atoms with Crippen molar-refractivity contribution >= 4 is 40.6 Å². The van der Waals surface area contributed by atoms with E-state index in [2.05, 4.69) is 32.1 Å². The number of rotatable bonds is 3. The fourth-order valence-corrected chi connectivity index (χ4v) is 3.00. The number of aromatic nitrogens is 2. The first-order chi connectivity index (χ1) is 11.9. The second kappa shape index (κ2) is 7.56. The van der Waals surface area contributed by atoms with E-state index >= 15 is 0 Å². The van der Waals surface area contributed by atoms with Crippen molar-refractivity contribution in [2.24, 2.45) is 0 Å². The number of carbonyl (C=O) groups excluding carboxylic acids is 1. The number of hydrogen-bond donors (Lipinski definition) is 1. The summed E-state index contributed by atoms with van der Waals surface area (Å²) in [6.07, 6.45) is 0. The van der Waals surface area contributed by atoms with E-state index in [4.69, 9.17) is 23.2 Å². The minimum Gasteiger partial charge on any atom is -0.354 e. The molecular formula is C17H19Cl2N5O. The Morgan fingerprint density at radius 3 is 2.60 bits per heavy atom. The van der Waals surface area contributed by atoms with Crippen LogP contribution in [-0.2, 0) is 0 Å². The zero-order chi connectivity index (χ0) is 18.0. The van der Waals surface area contributed by atoms with Gasteiger partial charge in [0.25, 0.3) is 5.91 Å². The van der Waals surface area contributed by atoms with Gasteiger partial charge in [-0.05, 0) is 26.1 Å². The highest BCUT2D eigenvalue weighted by molar-refractivity contribution is 6.44. The van der Waals surface area contributed by atoms with Gasteiger partial charge < -0.3 is 15.1 Å². The number of amides is 1. The number of likely N-dealkylation sites (N-methyl/N-ethyl adjacent to an activating group) is 1. The summed E-state index contributed by atoms with van der Waals surface area (Å²) in [5, 5.41) is 3.45. The molecule has 6 nitrogen and oxygen atoms in total. The topological polar surface area (TPSA) is 61.4 Å². The number of nitrogens with zero attached hydrogens (tertiary/aromatic N) is 4. The monoisotopic (exact) mass is 379 g/mol. The lowest BCUT2D eigenvalue weighted by Gasteiger charge is -2.33. The Kier molecular flexibility index (Phi) is 5.42. The van der Waals surface area contributed by atoms with Crippen molar-refractivity contribution in [1.29, 1.82) is 0 Å². The minimum absolute atomic E-state index is 0.303. The summed E-state index contributed by atoms with van der Waals surface area (Å²) >= 11 is 12.1. The minimum atomic E-state index is -0.343. The number of aryl methyl sites for hydroxylation is 1. The molecule has 0 atom stereocenters. The number of anilines is 2. The van der Waals surface area contributed by atoms with Gasteiger partial charge in [-0.15, -0.1) is 0 Å². The SMILES string of the molecule is Cc1nc(C(=O)Nc2cccc(Cl)c2Cl)cc(N2CCN(C)CC2)n1. The summed E-state index contributed by atoms with van der Waals surface area (Å²) in [4.78, 5) is 25.7. The predicted molar refractivity (Wildman–Crippen MR) is 101 cm³/mol. The van der Waals surface area contributed by atoms with Gasteiger partial charge in [0.05, 0.1) is 15.7 Å². The third-order valence-corrected chi connectivity index (χ3v) is 4.90. The largest absolute Gasteiger partial charge is 0.354 e. The molecule has 1 N–H and O–H groups in total. The maximum Gasteiger partial charge on any atom is 0.274 e. The second-order valence-corrected chi connectivity index (χ2v) is 6.79. The molecule has 0 saturated carbocycles. The summed E-state index contributed by atoms with van der Waals surface area (Å²) in [7, 11) is 2.09. The number of hydrogen-bond acceptors (Lipinski definition) is 5. The van der Waals surface area contributed by atoms with Crippen LogP contribution in [0.3, 0.4) is 0 Å². The molecule has 1 amide bonds. The molecular weight excluding hydrogens is 361 g/mol. The van der Waals surface area contributed by atoms with Crippen molar-refractivity contribution in [3.05, 3.63) is 45.8 Å². The Bertz CT molecular complexity index is 791. The molecule has 2 heterocycles. The Balaban J connectivity index is 1.82. The van der Waals surface area contributed by atoms with Crippen molar-refractivity contribution in [2.75, 3.05) is 43.4 Å². The summed E-state index contributed by atoms with van der Waals surface area (Å²) < 4.78 is 0. The molecule has 0 aliphatic carbocycles. The fraction of sp³-hybridized carbons (Fsp3) is 0.353. The highest BCUT2D eigenvalue weighted by Crippen LogP contribution is 2.29. The lowest BCUT2D eigenvalue weighted by Crippen LogP contribution is -2.45. The highest BCUT2D eigenvalue weighted by Gasteiger charge is 2.19. The third kappa shape index (κ3) is 4.21. The van der Waals surface area contributed by atoms with Gasteiger partial charge in [-0.3, -0.25) is 4.79 Å². The van der Waals surface area contributed by atoms with Crippen LogP contribution in [-0.4, -0.2) is 54.0 Å². The van der Waals surface area contributed by atoms with Crippen molar-refractivity contribution in [2.45, 2.75) is 6.92 Å². The summed E-state index contributed by atoms with van der Waals surface area (Å²) in [5.41, 5.74) is 0.758. The van der Waals surface area contributed by atoms with Gasteiger partial charge in [-0.25, -0.2) is 9.97 Å². The molecule has 1 aliphatic rings. The van der Waals surface area contributed by atoms with Crippen LogP contribution in [0.4, 0.5) is 11.5 Å². The van der Waals surface area contributed by atoms with E-state index in [0.29, 0.717) is 27.3 Å². The molecule has 1 fully saturated rings. The summed E-state index contributed by atoms with van der Waals surface area (Å²) in [6, 6.07) is 6.80. The summed E-state index contributed by atoms with van der Waals surface area (Å²) in [6.45, 7) is 5.44. The Morgan fingerprint density at radius 2 is 1.88 bits per heavy atom. The molecule has 0 radical (unpaired) electrons. The van der Waals surface area contributed by atoms with E-state index < -0.39 is 0 Å². The van der Waals surface area contributed by atoms with E-state index in [1.165, 1.54) is 0 Å². The van der Waals surface area contributed by atoms with E-state index in [1.54, 1.807) is 31.2 Å². The predicted octanol–water partition coefficient (Wildman–Crippen LogP) is 3.10. The Labute approximate surface area is 156 Å². The molecule has 3 rings (SSSR count). The van der Waals surface area contributed by atoms with Crippen LogP contribution >= 0.6 is 23.2 Å². The molecule has 25 heavy (non-hydrogen) atoms. The first-order valence-corrected chi connectivity index (χ1v) is 8.74. The number of nitrogens with one attached hydrogen (secondary N) is 1. The van der Waals surface area contributed by atoms with Crippen molar-refractivity contribution < 1.29 is 4.79 Å². The lowest BCUT2D eigenvalue weighted by molar-refractivity contribution is 0.102. The molecule has 0 unspecified atom stereocenters. The number of benzene rings is 1. The van der Waals surface area contributed by atoms with Crippen LogP contribution in [0, 0.1) is 6.92 Å². The van der Waals surface area contributed by atoms with E-state index in [9.17, 15) is 4.79 Å². The van der Waals surface area contributed by atoms with E-state index in [0.717, 1.165) is 32.0 Å². The molecule has 0 bridgehead atoms. The number of halogens is 2. The van der Waals surface area contributed by atoms with Gasteiger partial charge >= 0.3 is 0 Å². The van der Waals surface area contributed by atoms with Crippen LogP contribution in [0.5, 0.6) is 0 Å². The lowest BCUT2D eigenvalue weighted by atomic mass is 10.2. The van der Waals surface area contributed by atoms with Gasteiger partial charge in [-0.2, -0.15) is 0 Å². The third-order valence-electron chi connectivity index (χ3n) is 4.08. The van der Waals surface area contributed by atoms with Crippen LogP contribution in [0.15, 0.2) is 24.3 Å². The first kappa shape index (κ1) is 17.9. The Hall–Kier alpha value is -1.89. The zero-order valence-corrected chi connectivity index (χ0v) is 15.6. The average molecular weight is 380 g/mol. The zero-order valence-electron chi connectivity index (χ0n) is 14.1. The molecule has 1 aliphatic heterocycles. The van der Waals surface area contributed by atoms with Crippen LogP contribution in [0.25, 0.3) is 0 Å². The standard InChI is InChI=1S/C17H19Cl2N5O/c1-11-20-14(10-15(21-11)24-8-6-23(2)7-9-24)17(25)22-13-5-3-4-12(18)16(13)19/h3-5,10H,6-9H2,1-2H3,(H,22,25). The normalized spacial score (nSPS) is 15.3.